The average molecular weight is 306 g/mol. The molecule has 0 spiro atoms. The topological polar surface area (TPSA) is 55.1 Å². The van der Waals surface area contributed by atoms with Crippen molar-refractivity contribution in [1.82, 2.24) is 4.98 Å². The van der Waals surface area contributed by atoms with Crippen molar-refractivity contribution >= 4 is 11.6 Å². The first-order valence-electron chi connectivity index (χ1n) is 7.44. The summed E-state index contributed by atoms with van der Waals surface area (Å²) < 4.78 is 5.45. The number of hydrogen-bond acceptors (Lipinski definition) is 3. The van der Waals surface area contributed by atoms with Gasteiger partial charge in [0.05, 0.1) is 0 Å². The van der Waals surface area contributed by atoms with E-state index in [1.54, 1.807) is 0 Å². The van der Waals surface area contributed by atoms with E-state index in [9.17, 15) is 4.79 Å². The second-order valence-corrected chi connectivity index (χ2v) is 5.60. The molecule has 2 aromatic carbocycles. The number of anilines is 1. The predicted molar refractivity (Wildman–Crippen MR) is 90.5 cm³/mol. The summed E-state index contributed by atoms with van der Waals surface area (Å²) >= 11 is 0. The Bertz CT molecular complexity index is 865. The van der Waals surface area contributed by atoms with E-state index in [0.717, 1.165) is 27.9 Å². The molecule has 0 aliphatic rings. The number of rotatable bonds is 3. The lowest BCUT2D eigenvalue weighted by molar-refractivity contribution is 0.102. The average Bonchev–Trinajstić information content (AvgIpc) is 3.01. The van der Waals surface area contributed by atoms with Crippen molar-refractivity contribution in [3.05, 3.63) is 71.2 Å². The van der Waals surface area contributed by atoms with Gasteiger partial charge in [-0.15, -0.1) is 0 Å². The maximum atomic E-state index is 12.6. The highest BCUT2D eigenvalue weighted by Crippen LogP contribution is 2.25. The molecule has 1 heterocycles. The third-order valence-corrected chi connectivity index (χ3v) is 3.92. The molecule has 4 heteroatoms. The number of nitrogens with zero attached hydrogens (tertiary/aromatic N) is 1. The van der Waals surface area contributed by atoms with Crippen LogP contribution in [0.4, 0.5) is 5.69 Å². The summed E-state index contributed by atoms with van der Waals surface area (Å²) in [5.74, 6) is 0.209. The normalized spacial score (nSPS) is 10.6. The summed E-state index contributed by atoms with van der Waals surface area (Å²) in [6, 6.07) is 13.6. The molecule has 0 radical (unpaired) electrons. The van der Waals surface area contributed by atoms with Crippen LogP contribution in [0.5, 0.6) is 0 Å². The molecule has 3 aromatic rings. The van der Waals surface area contributed by atoms with E-state index in [1.807, 2.05) is 63.2 Å². The lowest BCUT2D eigenvalue weighted by Gasteiger charge is -2.10. The Balaban J connectivity index is 1.93. The number of carbonyl (C=O) groups is 1. The minimum Gasteiger partial charge on any atom is -0.443 e. The van der Waals surface area contributed by atoms with E-state index in [-0.39, 0.29) is 11.6 Å². The molecule has 1 N–H and O–H groups in total. The van der Waals surface area contributed by atoms with Gasteiger partial charge in [0.25, 0.3) is 5.91 Å². The van der Waals surface area contributed by atoms with Gasteiger partial charge in [0.2, 0.25) is 0 Å². The van der Waals surface area contributed by atoms with Crippen LogP contribution in [0.15, 0.2) is 53.3 Å². The Kier molecular flexibility index (Phi) is 3.98. The molecular weight excluding hydrogens is 288 g/mol. The summed E-state index contributed by atoms with van der Waals surface area (Å²) in [6.45, 7) is 5.99. The van der Waals surface area contributed by atoms with Gasteiger partial charge in [0.15, 0.2) is 17.8 Å². The highest BCUT2D eigenvalue weighted by molar-refractivity contribution is 6.06. The number of nitrogens with one attached hydrogen (secondary N) is 1. The van der Waals surface area contributed by atoms with Crippen molar-refractivity contribution in [3.63, 3.8) is 0 Å². The third kappa shape index (κ3) is 3.01. The summed E-state index contributed by atoms with van der Waals surface area (Å²) in [5.41, 5.74) is 5.18. The summed E-state index contributed by atoms with van der Waals surface area (Å²) in [4.78, 5) is 16.7. The van der Waals surface area contributed by atoms with Crippen molar-refractivity contribution < 1.29 is 9.21 Å². The molecule has 116 valence electrons. The lowest BCUT2D eigenvalue weighted by Crippen LogP contribution is -2.14. The van der Waals surface area contributed by atoms with Crippen LogP contribution in [0, 0.1) is 20.8 Å². The summed E-state index contributed by atoms with van der Waals surface area (Å²) in [6.07, 6.45) is 1.30. The highest BCUT2D eigenvalue weighted by atomic mass is 16.3. The molecule has 0 aliphatic heterocycles. The molecule has 0 aliphatic carbocycles. The quantitative estimate of drug-likeness (QED) is 0.774. The van der Waals surface area contributed by atoms with Gasteiger partial charge in [-0.1, -0.05) is 35.9 Å². The summed E-state index contributed by atoms with van der Waals surface area (Å²) in [5, 5.41) is 2.92. The smallest absolute Gasteiger partial charge is 0.278 e. The van der Waals surface area contributed by atoms with Crippen LogP contribution in [-0.4, -0.2) is 10.9 Å². The largest absolute Gasteiger partial charge is 0.443 e. The predicted octanol–water partition coefficient (Wildman–Crippen LogP) is 4.52. The molecule has 0 bridgehead atoms. The Morgan fingerprint density at radius 2 is 1.87 bits per heavy atom. The van der Waals surface area contributed by atoms with E-state index in [4.69, 9.17) is 4.42 Å². The molecule has 1 amide bonds. The number of aryl methyl sites for hydroxylation is 2. The zero-order chi connectivity index (χ0) is 16.4. The first-order valence-corrected chi connectivity index (χ1v) is 7.44. The van der Waals surface area contributed by atoms with Gasteiger partial charge in [0, 0.05) is 11.3 Å². The van der Waals surface area contributed by atoms with Crippen LogP contribution in [-0.2, 0) is 0 Å². The monoisotopic (exact) mass is 306 g/mol. The van der Waals surface area contributed by atoms with Gasteiger partial charge in [-0.25, -0.2) is 4.98 Å². The Hall–Kier alpha value is -2.88. The van der Waals surface area contributed by atoms with Gasteiger partial charge >= 0.3 is 0 Å². The van der Waals surface area contributed by atoms with Crippen LogP contribution >= 0.6 is 0 Å². The van der Waals surface area contributed by atoms with Crippen LogP contribution in [0.1, 0.15) is 27.2 Å². The second-order valence-electron chi connectivity index (χ2n) is 5.60. The second kappa shape index (κ2) is 6.08. The lowest BCUT2D eigenvalue weighted by atomic mass is 10.1. The van der Waals surface area contributed by atoms with Crippen molar-refractivity contribution in [3.8, 4) is 11.3 Å². The zero-order valence-electron chi connectivity index (χ0n) is 13.4. The fraction of sp³-hybridized carbons (Fsp3) is 0.158. The van der Waals surface area contributed by atoms with E-state index in [2.05, 4.69) is 10.3 Å². The fourth-order valence-corrected chi connectivity index (χ4v) is 2.47. The van der Waals surface area contributed by atoms with E-state index in [0.29, 0.717) is 5.76 Å². The van der Waals surface area contributed by atoms with Crippen molar-refractivity contribution in [2.75, 3.05) is 5.32 Å². The Morgan fingerprint density at radius 3 is 2.65 bits per heavy atom. The van der Waals surface area contributed by atoms with Crippen LogP contribution in [0.2, 0.25) is 0 Å². The van der Waals surface area contributed by atoms with Crippen LogP contribution < -0.4 is 5.32 Å². The van der Waals surface area contributed by atoms with Gasteiger partial charge in [-0.2, -0.15) is 0 Å². The van der Waals surface area contributed by atoms with Crippen LogP contribution in [0.25, 0.3) is 11.3 Å². The third-order valence-electron chi connectivity index (χ3n) is 3.92. The van der Waals surface area contributed by atoms with Gasteiger partial charge in [-0.3, -0.25) is 4.79 Å². The number of aromatic nitrogens is 1. The minimum atomic E-state index is -0.274. The number of amides is 1. The molecule has 0 unspecified atom stereocenters. The van der Waals surface area contributed by atoms with Crippen molar-refractivity contribution in [1.29, 1.82) is 0 Å². The number of oxazole rings is 1. The maximum absolute atomic E-state index is 12.6. The first-order chi connectivity index (χ1) is 11.1. The molecule has 1 aromatic heterocycles. The van der Waals surface area contributed by atoms with Crippen LogP contribution in [0.3, 0.4) is 0 Å². The van der Waals surface area contributed by atoms with Gasteiger partial charge in [0.1, 0.15) is 0 Å². The van der Waals surface area contributed by atoms with E-state index in [1.165, 1.54) is 6.39 Å². The van der Waals surface area contributed by atoms with Gasteiger partial charge in [-0.05, 0) is 44.0 Å². The molecule has 23 heavy (non-hydrogen) atoms. The molecular formula is C19H18N2O2. The van der Waals surface area contributed by atoms with E-state index >= 15 is 0 Å². The number of carbonyl (C=O) groups excluding carboxylic acids is 1. The van der Waals surface area contributed by atoms with Crippen molar-refractivity contribution in [2.45, 2.75) is 20.8 Å². The minimum absolute atomic E-state index is 0.274. The van der Waals surface area contributed by atoms with Gasteiger partial charge < -0.3 is 9.73 Å². The maximum Gasteiger partial charge on any atom is 0.278 e. The number of hydrogen-bond donors (Lipinski definition) is 1. The molecule has 0 fully saturated rings. The molecule has 3 rings (SSSR count). The highest BCUT2D eigenvalue weighted by Gasteiger charge is 2.19. The first kappa shape index (κ1) is 15.0. The zero-order valence-corrected chi connectivity index (χ0v) is 13.4. The van der Waals surface area contributed by atoms with Crippen molar-refractivity contribution in [2.24, 2.45) is 0 Å². The van der Waals surface area contributed by atoms with E-state index < -0.39 is 0 Å². The molecule has 0 saturated heterocycles. The molecule has 0 saturated carbocycles. The molecule has 0 atom stereocenters. The fourth-order valence-electron chi connectivity index (χ4n) is 2.47. The Labute approximate surface area is 135 Å². The molecule has 4 nitrogen and oxygen atoms in total. The number of benzene rings is 2. The summed E-state index contributed by atoms with van der Waals surface area (Å²) in [7, 11) is 0. The standard InChI is InChI=1S/C19H18N2O2/c1-12-6-4-8-15(10-12)18-17(20-11-23-18)19(22)21-16-9-5-7-13(2)14(16)3/h4-11H,1-3H3,(H,21,22). The SMILES string of the molecule is Cc1cccc(-c2ocnc2C(=O)Nc2cccc(C)c2C)c1. The Morgan fingerprint density at radius 1 is 1.09 bits per heavy atom.